The molecule has 0 spiro atoms. The van der Waals surface area contributed by atoms with Crippen molar-refractivity contribution in [2.75, 3.05) is 31.1 Å². The Labute approximate surface area is 146 Å². The van der Waals surface area contributed by atoms with Crippen LogP contribution in [0.2, 0.25) is 0 Å². The number of thioether (sulfide) groups is 1. The van der Waals surface area contributed by atoms with E-state index in [2.05, 4.69) is 30.9 Å². The fourth-order valence-corrected chi connectivity index (χ4v) is 4.76. The Kier molecular flexibility index (Phi) is 6.28. The average molecular weight is 343 g/mol. The molecule has 5 heteroatoms. The van der Waals surface area contributed by atoms with Gasteiger partial charge in [0.2, 0.25) is 0 Å². The number of ether oxygens (including phenoxy) is 1. The number of hydrogen-bond donors (Lipinski definition) is 1. The van der Waals surface area contributed by atoms with Gasteiger partial charge >= 0.3 is 6.09 Å². The minimum Gasteiger partial charge on any atom is -0.444 e. The van der Waals surface area contributed by atoms with Crippen LogP contribution >= 0.6 is 11.8 Å². The van der Waals surface area contributed by atoms with E-state index in [0.717, 1.165) is 26.1 Å². The minimum atomic E-state index is -0.410. The van der Waals surface area contributed by atoms with Gasteiger partial charge in [-0.2, -0.15) is 11.8 Å². The number of amides is 1. The van der Waals surface area contributed by atoms with Crippen molar-refractivity contribution in [2.24, 2.45) is 11.3 Å². The number of hydrogen-bond acceptors (Lipinski definition) is 4. The molecule has 4 nitrogen and oxygen atoms in total. The summed E-state index contributed by atoms with van der Waals surface area (Å²) in [6.07, 6.45) is 3.38. The van der Waals surface area contributed by atoms with Crippen molar-refractivity contribution in [2.45, 2.75) is 65.5 Å². The largest absolute Gasteiger partial charge is 0.444 e. The van der Waals surface area contributed by atoms with Gasteiger partial charge in [0.1, 0.15) is 5.60 Å². The molecule has 0 aliphatic carbocycles. The molecule has 0 bridgehead atoms. The second kappa shape index (κ2) is 7.64. The third-order valence-corrected chi connectivity index (χ3v) is 6.10. The standard InChI is InChI=1S/C18H34N2O2S/c1-17(2,3)22-16(21)20-8-6-7-14(11-20)10-19-15-9-18(4,5)13-23-12-15/h14-15,19H,6-13H2,1-5H3. The van der Waals surface area contributed by atoms with Crippen molar-refractivity contribution in [3.63, 3.8) is 0 Å². The van der Waals surface area contributed by atoms with Crippen molar-refractivity contribution in [3.05, 3.63) is 0 Å². The number of carbonyl (C=O) groups excluding carboxylic acids is 1. The van der Waals surface area contributed by atoms with Crippen LogP contribution in [0.3, 0.4) is 0 Å². The van der Waals surface area contributed by atoms with E-state index in [9.17, 15) is 4.79 Å². The topological polar surface area (TPSA) is 41.6 Å². The normalized spacial score (nSPS) is 28.5. The first-order valence-corrected chi connectivity index (χ1v) is 10.1. The predicted octanol–water partition coefficient (Wildman–Crippen LogP) is 3.75. The molecule has 0 radical (unpaired) electrons. The zero-order valence-electron chi connectivity index (χ0n) is 15.5. The fraction of sp³-hybridized carbons (Fsp3) is 0.944. The summed E-state index contributed by atoms with van der Waals surface area (Å²) in [5.74, 6) is 3.03. The molecule has 0 saturated carbocycles. The fourth-order valence-electron chi connectivity index (χ4n) is 3.45. The van der Waals surface area contributed by atoms with Crippen molar-refractivity contribution in [1.29, 1.82) is 0 Å². The van der Waals surface area contributed by atoms with Crippen LogP contribution in [0.4, 0.5) is 4.79 Å². The number of nitrogens with zero attached hydrogens (tertiary/aromatic N) is 1. The van der Waals surface area contributed by atoms with Crippen molar-refractivity contribution < 1.29 is 9.53 Å². The van der Waals surface area contributed by atoms with E-state index in [1.54, 1.807) is 0 Å². The van der Waals surface area contributed by atoms with Crippen molar-refractivity contribution in [3.8, 4) is 0 Å². The molecule has 0 aromatic heterocycles. The summed E-state index contributed by atoms with van der Waals surface area (Å²) >= 11 is 2.06. The predicted molar refractivity (Wildman–Crippen MR) is 98.0 cm³/mol. The summed E-state index contributed by atoms with van der Waals surface area (Å²) in [6, 6.07) is 0.612. The maximum Gasteiger partial charge on any atom is 0.410 e. The van der Waals surface area contributed by atoms with Gasteiger partial charge in [0.05, 0.1) is 0 Å². The second-order valence-electron chi connectivity index (χ2n) is 8.92. The molecule has 0 aromatic carbocycles. The lowest BCUT2D eigenvalue weighted by atomic mass is 9.87. The Bertz CT molecular complexity index is 406. The summed E-state index contributed by atoms with van der Waals surface area (Å²) in [6.45, 7) is 13.2. The van der Waals surface area contributed by atoms with Crippen molar-refractivity contribution in [1.82, 2.24) is 10.2 Å². The SMILES string of the molecule is CC1(C)CSCC(NCC2CCCN(C(=O)OC(C)(C)C)C2)C1. The van der Waals surface area contributed by atoms with E-state index < -0.39 is 5.60 Å². The van der Waals surface area contributed by atoms with Crippen LogP contribution in [-0.4, -0.2) is 53.8 Å². The van der Waals surface area contributed by atoms with E-state index in [4.69, 9.17) is 4.74 Å². The number of nitrogens with one attached hydrogen (secondary N) is 1. The maximum absolute atomic E-state index is 12.2. The summed E-state index contributed by atoms with van der Waals surface area (Å²) in [7, 11) is 0. The van der Waals surface area contributed by atoms with E-state index in [1.807, 2.05) is 25.7 Å². The van der Waals surface area contributed by atoms with Gasteiger partial charge in [0.15, 0.2) is 0 Å². The molecule has 2 fully saturated rings. The van der Waals surface area contributed by atoms with Gasteiger partial charge in [-0.3, -0.25) is 0 Å². The lowest BCUT2D eigenvalue weighted by Gasteiger charge is -2.38. The molecule has 134 valence electrons. The third kappa shape index (κ3) is 6.54. The Hall–Kier alpha value is -0.420. The van der Waals surface area contributed by atoms with Crippen LogP contribution in [0.5, 0.6) is 0 Å². The monoisotopic (exact) mass is 342 g/mol. The Morgan fingerprint density at radius 2 is 2.13 bits per heavy atom. The Morgan fingerprint density at radius 1 is 1.39 bits per heavy atom. The van der Waals surface area contributed by atoms with E-state index in [-0.39, 0.29) is 6.09 Å². The second-order valence-corrected chi connectivity index (χ2v) is 9.95. The van der Waals surface area contributed by atoms with Crippen LogP contribution in [0, 0.1) is 11.3 Å². The highest BCUT2D eigenvalue weighted by Gasteiger charge is 2.30. The number of likely N-dealkylation sites (tertiary alicyclic amines) is 1. The van der Waals surface area contributed by atoms with Crippen LogP contribution in [0.25, 0.3) is 0 Å². The average Bonchev–Trinajstić information content (AvgIpc) is 2.43. The molecule has 2 atom stereocenters. The Morgan fingerprint density at radius 3 is 2.78 bits per heavy atom. The molecule has 2 heterocycles. The highest BCUT2D eigenvalue weighted by atomic mass is 32.2. The zero-order valence-corrected chi connectivity index (χ0v) is 16.3. The molecule has 2 saturated heterocycles. The Balaban J connectivity index is 1.77. The van der Waals surface area contributed by atoms with Gasteiger partial charge in [-0.15, -0.1) is 0 Å². The van der Waals surface area contributed by atoms with Crippen LogP contribution in [0.1, 0.15) is 53.9 Å². The van der Waals surface area contributed by atoms with Crippen LogP contribution in [-0.2, 0) is 4.74 Å². The van der Waals surface area contributed by atoms with Gasteiger partial charge in [-0.05, 0) is 63.7 Å². The highest BCUT2D eigenvalue weighted by molar-refractivity contribution is 7.99. The van der Waals surface area contributed by atoms with Gasteiger partial charge in [0.25, 0.3) is 0 Å². The van der Waals surface area contributed by atoms with Crippen molar-refractivity contribution >= 4 is 17.9 Å². The third-order valence-electron chi connectivity index (χ3n) is 4.48. The molecule has 2 rings (SSSR count). The molecule has 1 amide bonds. The molecule has 1 N–H and O–H groups in total. The van der Waals surface area contributed by atoms with E-state index in [0.29, 0.717) is 17.4 Å². The summed E-state index contributed by atoms with van der Waals surface area (Å²) < 4.78 is 5.51. The minimum absolute atomic E-state index is 0.156. The summed E-state index contributed by atoms with van der Waals surface area (Å²) in [5.41, 5.74) is 0.0306. The molecule has 2 aliphatic heterocycles. The van der Waals surface area contributed by atoms with Crippen LogP contribution < -0.4 is 5.32 Å². The molecular formula is C18H34N2O2S. The first-order valence-electron chi connectivity index (χ1n) is 8.94. The number of carbonyl (C=O) groups is 1. The molecule has 0 aromatic rings. The van der Waals surface area contributed by atoms with E-state index in [1.165, 1.54) is 24.3 Å². The number of rotatable bonds is 3. The van der Waals surface area contributed by atoms with Crippen LogP contribution in [0.15, 0.2) is 0 Å². The van der Waals surface area contributed by atoms with Gasteiger partial charge in [-0.1, -0.05) is 13.8 Å². The maximum atomic E-state index is 12.2. The van der Waals surface area contributed by atoms with Gasteiger partial charge < -0.3 is 15.0 Å². The smallest absolute Gasteiger partial charge is 0.410 e. The van der Waals surface area contributed by atoms with E-state index >= 15 is 0 Å². The zero-order chi connectivity index (χ0) is 17.1. The molecule has 2 unspecified atom stereocenters. The summed E-state index contributed by atoms with van der Waals surface area (Å²) in [4.78, 5) is 14.1. The molecule has 23 heavy (non-hydrogen) atoms. The first-order chi connectivity index (χ1) is 10.6. The lowest BCUT2D eigenvalue weighted by molar-refractivity contribution is 0.0165. The molecular weight excluding hydrogens is 308 g/mol. The number of piperidine rings is 1. The summed E-state index contributed by atoms with van der Waals surface area (Å²) in [5, 5.41) is 3.76. The lowest BCUT2D eigenvalue weighted by Crippen LogP contribution is -2.47. The highest BCUT2D eigenvalue weighted by Crippen LogP contribution is 2.33. The first kappa shape index (κ1) is 18.9. The quantitative estimate of drug-likeness (QED) is 0.848. The van der Waals surface area contributed by atoms with Gasteiger partial charge in [0, 0.05) is 24.9 Å². The van der Waals surface area contributed by atoms with Gasteiger partial charge in [-0.25, -0.2) is 4.79 Å². The molecule has 2 aliphatic rings.